The minimum atomic E-state index is -1.34. The van der Waals surface area contributed by atoms with Crippen molar-refractivity contribution in [2.45, 2.75) is 350 Å². The molecule has 0 aliphatic heterocycles. The number of ether oxygens (including phenoxy) is 7. The van der Waals surface area contributed by atoms with Gasteiger partial charge in [0.15, 0.2) is 0 Å². The fraction of sp³-hybridized carbons (Fsp3) is 0.914. The maximum atomic E-state index is 13.6. The second kappa shape index (κ2) is 59.1. The zero-order chi connectivity index (χ0) is 61.0. The Morgan fingerprint density at radius 3 is 0.470 bits per heavy atom. The summed E-state index contributed by atoms with van der Waals surface area (Å²) in [7, 11) is 0. The Bertz CT molecular complexity index is 1260. The molecular weight excluding hydrogens is 1050 g/mol. The van der Waals surface area contributed by atoms with Crippen molar-refractivity contribution >= 4 is 35.8 Å². The van der Waals surface area contributed by atoms with E-state index in [4.69, 9.17) is 33.2 Å². The summed E-state index contributed by atoms with van der Waals surface area (Å²) in [6.07, 6.45) is 44.8. The third-order valence-electron chi connectivity index (χ3n) is 16.0. The van der Waals surface area contributed by atoms with Gasteiger partial charge in [-0.25, -0.2) is 0 Å². The van der Waals surface area contributed by atoms with Crippen molar-refractivity contribution < 1.29 is 61.9 Å². The molecule has 0 saturated carbocycles. The molecule has 0 radical (unpaired) electrons. The molecule has 0 amide bonds. The van der Waals surface area contributed by atoms with Crippen LogP contribution in [0.25, 0.3) is 0 Å². The molecule has 0 aromatic carbocycles. The summed E-state index contributed by atoms with van der Waals surface area (Å²) < 4.78 is 42.9. The van der Waals surface area contributed by atoms with Crippen LogP contribution >= 0.6 is 0 Å². The molecule has 0 rings (SSSR count). The Labute approximate surface area is 509 Å². The number of esters is 6. The van der Waals surface area contributed by atoms with Crippen molar-refractivity contribution in [1.82, 2.24) is 0 Å². The van der Waals surface area contributed by atoms with Crippen molar-refractivity contribution in [2.24, 2.45) is 10.8 Å². The topological polar surface area (TPSA) is 167 Å². The summed E-state index contributed by atoms with van der Waals surface area (Å²) >= 11 is 0. The van der Waals surface area contributed by atoms with Crippen LogP contribution < -0.4 is 0 Å². The van der Waals surface area contributed by atoms with E-state index >= 15 is 0 Å². The molecule has 13 nitrogen and oxygen atoms in total. The molecule has 0 saturated heterocycles. The van der Waals surface area contributed by atoms with Crippen LogP contribution in [0.3, 0.4) is 0 Å². The van der Waals surface area contributed by atoms with Crippen LogP contribution in [0.4, 0.5) is 0 Å². The Kier molecular flexibility index (Phi) is 56.8. The zero-order valence-electron chi connectivity index (χ0n) is 54.9. The molecule has 0 aliphatic carbocycles. The molecule has 0 N–H and O–H groups in total. The molecule has 0 unspecified atom stereocenters. The molecule has 0 aromatic rings. The smallest absolute Gasteiger partial charge is 0.305 e. The number of carbonyl (C=O) groups excluding carboxylic acids is 6. The van der Waals surface area contributed by atoms with Crippen molar-refractivity contribution in [3.05, 3.63) is 0 Å². The van der Waals surface area contributed by atoms with E-state index in [1.807, 2.05) is 0 Å². The van der Waals surface area contributed by atoms with Crippen molar-refractivity contribution in [1.29, 1.82) is 0 Å². The van der Waals surface area contributed by atoms with Gasteiger partial charge in [0.25, 0.3) is 0 Å². The predicted molar refractivity (Wildman–Crippen MR) is 337 cm³/mol. The minimum Gasteiger partial charge on any atom is -0.465 e. The van der Waals surface area contributed by atoms with Gasteiger partial charge < -0.3 is 33.2 Å². The summed E-state index contributed by atoms with van der Waals surface area (Å²) in [6.45, 7) is 11.1. The van der Waals surface area contributed by atoms with Gasteiger partial charge in [-0.3, -0.25) is 28.8 Å². The number of carbonyl (C=O) groups is 6. The van der Waals surface area contributed by atoms with Crippen LogP contribution in [-0.4, -0.2) is 88.7 Å². The molecule has 83 heavy (non-hydrogen) atoms. The Hall–Kier alpha value is -3.22. The van der Waals surface area contributed by atoms with Gasteiger partial charge in [-0.05, 0) is 38.5 Å². The molecule has 0 fully saturated rings. The van der Waals surface area contributed by atoms with Crippen LogP contribution in [0.1, 0.15) is 350 Å². The number of unbranched alkanes of at least 4 members (excludes halogenated alkanes) is 36. The molecule has 0 aliphatic rings. The minimum absolute atomic E-state index is 0.211. The summed E-state index contributed by atoms with van der Waals surface area (Å²) in [5.74, 6) is -2.45. The van der Waals surface area contributed by atoms with Gasteiger partial charge in [-0.2, -0.15) is 0 Å². The summed E-state index contributed by atoms with van der Waals surface area (Å²) in [4.78, 5) is 81.3. The molecule has 0 atom stereocenters. The third-order valence-corrected chi connectivity index (χ3v) is 16.0. The van der Waals surface area contributed by atoms with E-state index in [0.29, 0.717) is 38.5 Å². The Balaban J connectivity index is 7.05. The predicted octanol–water partition coefficient (Wildman–Crippen LogP) is 19.1. The molecule has 0 bridgehead atoms. The quantitative estimate of drug-likeness (QED) is 0.0321. The summed E-state index contributed by atoms with van der Waals surface area (Å²) in [6, 6.07) is 0. The maximum Gasteiger partial charge on any atom is 0.305 e. The molecular formula is C70H130O13. The lowest BCUT2D eigenvalue weighted by Crippen LogP contribution is -2.47. The van der Waals surface area contributed by atoms with E-state index in [1.54, 1.807) is 0 Å². The second-order valence-corrected chi connectivity index (χ2v) is 24.7. The van der Waals surface area contributed by atoms with Crippen molar-refractivity contribution in [3.63, 3.8) is 0 Å². The monoisotopic (exact) mass is 1180 g/mol. The SMILES string of the molecule is CCCCCCCCCC(=O)OCC(COCC(COC(=O)CCCCCCCCC)(COC(=O)CCCCCCCCC)COC(=O)CCCCCCCCC)(COC(=O)CCCCCCCCC)COC(=O)CCCCCCCCC. The first kappa shape index (κ1) is 79.8. The van der Waals surface area contributed by atoms with E-state index in [1.165, 1.54) is 77.0 Å². The third kappa shape index (κ3) is 51.7. The van der Waals surface area contributed by atoms with Gasteiger partial charge in [0.2, 0.25) is 0 Å². The van der Waals surface area contributed by atoms with Crippen LogP contribution in [0, 0.1) is 10.8 Å². The lowest BCUT2D eigenvalue weighted by Gasteiger charge is -2.35. The Morgan fingerprint density at radius 2 is 0.325 bits per heavy atom. The number of hydrogen-bond acceptors (Lipinski definition) is 13. The van der Waals surface area contributed by atoms with E-state index in [-0.39, 0.29) is 91.4 Å². The fourth-order valence-electron chi connectivity index (χ4n) is 10.2. The van der Waals surface area contributed by atoms with Crippen LogP contribution in [0.15, 0.2) is 0 Å². The first-order valence-corrected chi connectivity index (χ1v) is 35.0. The highest BCUT2D eigenvalue weighted by Gasteiger charge is 2.41. The average Bonchev–Trinajstić information content (AvgIpc) is 3.55. The molecule has 0 heterocycles. The standard InChI is InChI=1S/C70H130O13/c1-7-13-19-25-31-37-43-49-63(71)78-57-69(58-79-64(72)50-44-38-32-26-20-14-8-2,59-80-65(73)51-45-39-33-27-21-15-9-3)55-77-56-70(60-81-66(74)52-46-40-34-28-22-16-10-4,61-82-67(75)53-47-41-35-29-23-17-11-5)62-83-68(76)54-48-42-36-30-24-18-12-6/h7-62H2,1-6H3. The molecule has 13 heteroatoms. The van der Waals surface area contributed by atoms with Gasteiger partial charge in [0.1, 0.15) is 39.6 Å². The number of rotatable bonds is 64. The van der Waals surface area contributed by atoms with E-state index in [0.717, 1.165) is 154 Å². The normalized spacial score (nSPS) is 11.6. The van der Waals surface area contributed by atoms with Gasteiger partial charge >= 0.3 is 35.8 Å². The van der Waals surface area contributed by atoms with Crippen molar-refractivity contribution in [2.75, 3.05) is 52.9 Å². The van der Waals surface area contributed by atoms with Crippen LogP contribution in [0.5, 0.6) is 0 Å². The van der Waals surface area contributed by atoms with Crippen molar-refractivity contribution in [3.8, 4) is 0 Å². The van der Waals surface area contributed by atoms with E-state index in [2.05, 4.69) is 41.5 Å². The maximum absolute atomic E-state index is 13.6. The lowest BCUT2D eigenvalue weighted by atomic mass is 9.90. The lowest BCUT2D eigenvalue weighted by molar-refractivity contribution is -0.175. The van der Waals surface area contributed by atoms with Gasteiger partial charge in [0, 0.05) is 38.5 Å². The summed E-state index contributed by atoms with van der Waals surface area (Å²) in [5, 5.41) is 0. The van der Waals surface area contributed by atoms with E-state index < -0.39 is 46.6 Å². The summed E-state index contributed by atoms with van der Waals surface area (Å²) in [5.41, 5.74) is -2.69. The molecule has 488 valence electrons. The first-order valence-electron chi connectivity index (χ1n) is 35.0. The fourth-order valence-corrected chi connectivity index (χ4v) is 10.2. The van der Waals surface area contributed by atoms with Gasteiger partial charge in [-0.15, -0.1) is 0 Å². The highest BCUT2D eigenvalue weighted by Crippen LogP contribution is 2.28. The highest BCUT2D eigenvalue weighted by molar-refractivity contribution is 5.71. The van der Waals surface area contributed by atoms with Gasteiger partial charge in [-0.1, -0.05) is 273 Å². The number of hydrogen-bond donors (Lipinski definition) is 0. The molecule has 0 spiro atoms. The zero-order valence-corrected chi connectivity index (χ0v) is 54.9. The molecule has 0 aromatic heterocycles. The highest BCUT2D eigenvalue weighted by atomic mass is 16.6. The average molecular weight is 1180 g/mol. The van der Waals surface area contributed by atoms with Crippen LogP contribution in [-0.2, 0) is 61.9 Å². The Morgan fingerprint density at radius 1 is 0.193 bits per heavy atom. The first-order chi connectivity index (χ1) is 40.4. The van der Waals surface area contributed by atoms with Gasteiger partial charge in [0.05, 0.1) is 24.0 Å². The van der Waals surface area contributed by atoms with E-state index in [9.17, 15) is 28.8 Å². The second-order valence-electron chi connectivity index (χ2n) is 24.7. The largest absolute Gasteiger partial charge is 0.465 e. The van der Waals surface area contributed by atoms with Crippen LogP contribution in [0.2, 0.25) is 0 Å².